The number of rotatable bonds is 16. The van der Waals surface area contributed by atoms with E-state index in [0.29, 0.717) is 55.7 Å². The molecule has 332 valence electrons. The van der Waals surface area contributed by atoms with Crippen molar-refractivity contribution < 1.29 is 59.8 Å². The number of carboxylic acids is 1. The number of hydrogen-bond acceptors (Lipinski definition) is 11. The number of nitrogens with zero attached hydrogens (tertiary/aromatic N) is 2. The molecule has 0 atom stereocenters. The summed E-state index contributed by atoms with van der Waals surface area (Å²) in [6, 6.07) is 12.4. The zero-order chi connectivity index (χ0) is 45.4. The second-order valence-corrected chi connectivity index (χ2v) is 20.5. The van der Waals surface area contributed by atoms with E-state index in [1.165, 1.54) is 36.4 Å². The van der Waals surface area contributed by atoms with Gasteiger partial charge in [0.25, 0.3) is 20.2 Å². The summed E-state index contributed by atoms with van der Waals surface area (Å²) < 4.78 is 81.5. The van der Waals surface area contributed by atoms with Crippen LogP contribution in [0.15, 0.2) is 110 Å². The van der Waals surface area contributed by atoms with E-state index in [-0.39, 0.29) is 16.2 Å². The van der Waals surface area contributed by atoms with Gasteiger partial charge in [-0.2, -0.15) is 25.7 Å². The summed E-state index contributed by atoms with van der Waals surface area (Å²) in [7, 11) is -6.93. The number of carbonyl (C=O) groups is 1. The Labute approximate surface area is 367 Å². The number of carboxylic acid groups (broad SMARTS) is 1. The first-order valence-corrected chi connectivity index (χ1v) is 23.8. The Hall–Kier alpha value is -4.59. The van der Waals surface area contributed by atoms with Gasteiger partial charge >= 0.3 is 5.97 Å². The predicted molar refractivity (Wildman–Crippen MR) is 234 cm³/mol. The van der Waals surface area contributed by atoms with Crippen molar-refractivity contribution in [2.75, 3.05) is 18.5 Å². The first kappa shape index (κ1) is 46.9. The normalized spacial score (nSPS) is 18.6. The number of hydrogen-bond donors (Lipinski definition) is 3. The molecule has 3 aliphatic rings. The maximum Gasteiger partial charge on any atom is 0.303 e. The third kappa shape index (κ3) is 9.80. The van der Waals surface area contributed by atoms with Crippen molar-refractivity contribution in [2.45, 2.75) is 112 Å². The molecule has 0 aromatic heterocycles. The highest BCUT2D eigenvalue weighted by molar-refractivity contribution is 7.94. The van der Waals surface area contributed by atoms with Crippen molar-refractivity contribution in [3.63, 3.8) is 0 Å². The minimum Gasteiger partial charge on any atom is -0.691 e. The molecule has 3 aromatic rings. The molecule has 0 bridgehead atoms. The Morgan fingerprint density at radius 3 is 2.21 bits per heavy atom. The summed E-state index contributed by atoms with van der Waals surface area (Å²) in [6.07, 6.45) is 12.1. The molecule has 62 heavy (non-hydrogen) atoms. The van der Waals surface area contributed by atoms with Crippen LogP contribution in [0.5, 0.6) is 5.75 Å². The van der Waals surface area contributed by atoms with Crippen molar-refractivity contribution in [2.24, 2.45) is 0 Å². The van der Waals surface area contributed by atoms with Gasteiger partial charge in [0.05, 0.1) is 27.2 Å². The quantitative estimate of drug-likeness (QED) is 0.0309. The number of fused-ring (bicyclic) bond motifs is 2. The topological polar surface area (TPSA) is 203 Å². The molecule has 3 N–H and O–H groups in total. The van der Waals surface area contributed by atoms with Crippen LogP contribution < -0.4 is 14.9 Å². The molecule has 2 aliphatic heterocycles. The smallest absolute Gasteiger partial charge is 0.303 e. The number of allylic oxidation sites excluding steroid dienone is 7. The van der Waals surface area contributed by atoms with Gasteiger partial charge in [-0.3, -0.25) is 18.9 Å². The predicted octanol–water partition coefficient (Wildman–Crippen LogP) is 8.36. The van der Waals surface area contributed by atoms with Gasteiger partial charge < -0.3 is 20.0 Å². The molecule has 0 unspecified atom stereocenters. The van der Waals surface area contributed by atoms with Crippen molar-refractivity contribution in [1.29, 1.82) is 0 Å². The Balaban J connectivity index is 1.45. The lowest BCUT2D eigenvalue weighted by Crippen LogP contribution is -2.27. The third-order valence-electron chi connectivity index (χ3n) is 11.9. The van der Waals surface area contributed by atoms with Crippen LogP contribution in [0, 0.1) is 13.8 Å². The first-order valence-electron chi connectivity index (χ1n) is 20.2. The van der Waals surface area contributed by atoms with Gasteiger partial charge in [-0.1, -0.05) is 26.3 Å². The average Bonchev–Trinajstić information content (AvgIpc) is 3.52. The van der Waals surface area contributed by atoms with Crippen molar-refractivity contribution in [3.05, 3.63) is 118 Å². The van der Waals surface area contributed by atoms with Crippen molar-refractivity contribution in [3.8, 4) is 5.75 Å². The van der Waals surface area contributed by atoms with Gasteiger partial charge in [-0.15, -0.1) is 0 Å². The van der Waals surface area contributed by atoms with E-state index < -0.39 is 37.0 Å². The van der Waals surface area contributed by atoms with Gasteiger partial charge in [-0.05, 0) is 143 Å². The van der Waals surface area contributed by atoms with Gasteiger partial charge in [0, 0.05) is 51.9 Å². The van der Waals surface area contributed by atoms with E-state index in [0.717, 1.165) is 74.0 Å². The molecule has 2 heterocycles. The lowest BCUT2D eigenvalue weighted by molar-refractivity contribution is -0.777. The standard InChI is InChI=1S/C45H52N2O12S3/c1-28-24-33(60-59-58-50)26-36-41(28)46(7)38(44(36,3)4)21-15-30-12-11-13-31(43(30)57-32-17-19-34(20-18-32)61(51,52)53)16-22-39-45(5,6)37-27-35(62(54,55)56)25-29(2)42(37)47(39)23-10-8-9-14-40(48)49/h15-22,24-27H,8-14,23H2,1-7H3,(H3-,48,49,50,51,52,53,54,55,56). The molecule has 17 heteroatoms. The minimum absolute atomic E-state index is 0.0620. The molecular weight excluding hydrogens is 857 g/mol. The zero-order valence-corrected chi connectivity index (χ0v) is 38.2. The maximum absolute atomic E-state index is 12.4. The van der Waals surface area contributed by atoms with Gasteiger partial charge in [0.1, 0.15) is 18.6 Å². The molecule has 0 amide bonds. The second kappa shape index (κ2) is 18.3. The number of benzene rings is 3. The summed E-state index contributed by atoms with van der Waals surface area (Å²) in [4.78, 5) is 13.6. The van der Waals surface area contributed by atoms with Crippen molar-refractivity contribution >= 4 is 55.3 Å². The first-order chi connectivity index (χ1) is 29.0. The summed E-state index contributed by atoms with van der Waals surface area (Å²) in [5.74, 6) is 0.0709. The lowest BCUT2D eigenvalue weighted by atomic mass is 9.80. The Morgan fingerprint density at radius 2 is 1.56 bits per heavy atom. The number of aryl methyl sites for hydroxylation is 2. The largest absolute Gasteiger partial charge is 0.691 e. The van der Waals surface area contributed by atoms with Crippen LogP contribution in [0.25, 0.3) is 0 Å². The highest BCUT2D eigenvalue weighted by Crippen LogP contribution is 2.51. The van der Waals surface area contributed by atoms with Gasteiger partial charge in [0.15, 0.2) is 5.71 Å². The molecule has 6 rings (SSSR count). The van der Waals surface area contributed by atoms with E-state index in [4.69, 9.17) is 4.74 Å². The summed E-state index contributed by atoms with van der Waals surface area (Å²) >= 11 is 0.843. The van der Waals surface area contributed by atoms with Crippen LogP contribution >= 0.6 is 12.0 Å². The van der Waals surface area contributed by atoms with Gasteiger partial charge in [-0.25, -0.2) is 0 Å². The van der Waals surface area contributed by atoms with E-state index in [2.05, 4.69) is 38.8 Å². The fourth-order valence-corrected chi connectivity index (χ4v) is 10.4. The molecule has 0 radical (unpaired) electrons. The molecule has 3 aromatic carbocycles. The fraction of sp³-hybridized carbons (Fsp3) is 0.378. The van der Waals surface area contributed by atoms with Crippen LogP contribution in [0.3, 0.4) is 0 Å². The zero-order valence-electron chi connectivity index (χ0n) is 35.7. The van der Waals surface area contributed by atoms with Crippen LogP contribution in [0.4, 0.5) is 11.4 Å². The Kier molecular flexibility index (Phi) is 13.8. The molecule has 14 nitrogen and oxygen atoms in total. The highest BCUT2D eigenvalue weighted by atomic mass is 32.2. The molecule has 0 saturated heterocycles. The number of anilines is 1. The Morgan fingerprint density at radius 1 is 0.871 bits per heavy atom. The average molecular weight is 909 g/mol. The SMILES string of the molecule is Cc1cc(S(=O)(=O)O)cc2c1N(CCCCCC(=O)O)/C(=C/C=C1\CCCC(/C=C/C3=[N+](C)c4c(C)cc(SOO[O-])cc4C3(C)C)=C1Oc1ccc(S(=O)(=O)O)cc1)C2(C)C. The second-order valence-electron chi connectivity index (χ2n) is 16.9. The molecule has 0 spiro atoms. The number of aliphatic carboxylic acids is 1. The monoisotopic (exact) mass is 908 g/mol. The summed E-state index contributed by atoms with van der Waals surface area (Å²) in [6.45, 7) is 12.6. The lowest BCUT2D eigenvalue weighted by Gasteiger charge is -2.28. The van der Waals surface area contributed by atoms with Crippen LogP contribution in [-0.4, -0.2) is 60.9 Å². The summed E-state index contributed by atoms with van der Waals surface area (Å²) in [5, 5.41) is 23.4. The van der Waals surface area contributed by atoms with Crippen LogP contribution in [0.2, 0.25) is 0 Å². The van der Waals surface area contributed by atoms with Crippen LogP contribution in [0.1, 0.15) is 94.9 Å². The van der Waals surface area contributed by atoms with E-state index in [9.17, 15) is 41.1 Å². The Bertz CT molecular complexity index is 2660. The highest BCUT2D eigenvalue weighted by Gasteiger charge is 2.45. The van der Waals surface area contributed by atoms with E-state index >= 15 is 0 Å². The summed E-state index contributed by atoms with van der Waals surface area (Å²) in [5.41, 5.74) is 7.74. The molecular formula is C45H52N2O12S3. The minimum atomic E-state index is -4.50. The van der Waals surface area contributed by atoms with Crippen LogP contribution in [-0.2, 0) is 45.2 Å². The molecule has 1 aliphatic carbocycles. The molecule has 0 saturated carbocycles. The number of ether oxygens (including phenoxy) is 1. The number of unbranched alkanes of at least 4 members (excludes halogenated alkanes) is 2. The third-order valence-corrected chi connectivity index (χ3v) is 14.1. The maximum atomic E-state index is 12.4. The van der Waals surface area contributed by atoms with E-state index in [1.807, 2.05) is 58.2 Å². The molecule has 0 fully saturated rings. The van der Waals surface area contributed by atoms with Crippen molar-refractivity contribution in [1.82, 2.24) is 0 Å². The van der Waals surface area contributed by atoms with Gasteiger partial charge in [0.2, 0.25) is 5.69 Å². The van der Waals surface area contributed by atoms with E-state index in [1.54, 1.807) is 6.92 Å². The fourth-order valence-electron chi connectivity index (χ4n) is 8.85.